The van der Waals surface area contributed by atoms with Gasteiger partial charge in [0.05, 0.1) is 5.41 Å². The van der Waals surface area contributed by atoms with Crippen molar-refractivity contribution in [1.82, 2.24) is 4.90 Å². The molecule has 0 radical (unpaired) electrons. The van der Waals surface area contributed by atoms with Crippen LogP contribution < -0.4 is 9.47 Å². The molecule has 1 saturated heterocycles. The van der Waals surface area contributed by atoms with E-state index in [4.69, 9.17) is 14.2 Å². The molecule has 2 fully saturated rings. The van der Waals surface area contributed by atoms with E-state index in [9.17, 15) is 4.79 Å². The number of ether oxygens (including phenoxy) is 3. The molecule has 2 bridgehead atoms. The average molecular weight is 456 g/mol. The SMILES string of the molecule is CC(=O)OC1=CC=C2[C@H]3Cc4ccc(OCc5ccccc5)c5c4[C@@]2(CCN3CC2CC2)[C@H]1O5. The molecule has 0 amide bonds. The largest absolute Gasteiger partial charge is 0.485 e. The number of hydrogen-bond acceptors (Lipinski definition) is 5. The van der Waals surface area contributed by atoms with E-state index >= 15 is 0 Å². The number of piperidine rings is 1. The van der Waals surface area contributed by atoms with Crippen LogP contribution >= 0.6 is 0 Å². The fourth-order valence-electron chi connectivity index (χ4n) is 6.62. The first-order chi connectivity index (χ1) is 16.6. The van der Waals surface area contributed by atoms with Crippen molar-refractivity contribution < 1.29 is 19.0 Å². The number of nitrogens with zero attached hydrogens (tertiary/aromatic N) is 1. The zero-order valence-electron chi connectivity index (χ0n) is 19.5. The number of hydrogen-bond donors (Lipinski definition) is 0. The molecule has 2 aliphatic heterocycles. The summed E-state index contributed by atoms with van der Waals surface area (Å²) < 4.78 is 18.7. The molecule has 34 heavy (non-hydrogen) atoms. The Bertz CT molecular complexity index is 1230. The van der Waals surface area contributed by atoms with Crippen LogP contribution in [0.2, 0.25) is 0 Å². The summed E-state index contributed by atoms with van der Waals surface area (Å²) in [4.78, 5) is 14.6. The first-order valence-corrected chi connectivity index (χ1v) is 12.5. The van der Waals surface area contributed by atoms with Gasteiger partial charge in [-0.15, -0.1) is 0 Å². The second kappa shape index (κ2) is 7.47. The smallest absolute Gasteiger partial charge is 0.307 e. The van der Waals surface area contributed by atoms with E-state index in [0.717, 1.165) is 42.4 Å². The summed E-state index contributed by atoms with van der Waals surface area (Å²) in [7, 11) is 0. The van der Waals surface area contributed by atoms with Gasteiger partial charge in [0.15, 0.2) is 17.6 Å². The standard InChI is InChI=1S/C29H29NO4/c1-18(31)33-25-12-10-22-23-15-21-9-11-24(32-17-20-5-3-2-4-6-20)27-26(21)29(22,28(25)34-27)13-14-30(23)16-19-7-8-19/h2-6,9-12,19,23,28H,7-8,13-17H2,1H3/t23-,28+,29+/m1/s1. The molecule has 7 rings (SSSR count). The van der Waals surface area contributed by atoms with Crippen LogP contribution in [0.3, 0.4) is 0 Å². The summed E-state index contributed by atoms with van der Waals surface area (Å²) in [5.74, 6) is 2.76. The molecule has 0 unspecified atom stereocenters. The summed E-state index contributed by atoms with van der Waals surface area (Å²) in [5, 5.41) is 0. The number of rotatable bonds is 6. The highest BCUT2D eigenvalue weighted by Gasteiger charge is 2.62. The highest BCUT2D eigenvalue weighted by molar-refractivity contribution is 5.71. The Hall–Kier alpha value is -3.05. The molecule has 3 atom stereocenters. The fourth-order valence-corrected chi connectivity index (χ4v) is 6.62. The lowest BCUT2D eigenvalue weighted by atomic mass is 9.57. The summed E-state index contributed by atoms with van der Waals surface area (Å²) in [6.07, 6.45) is 8.54. The highest BCUT2D eigenvalue weighted by Crippen LogP contribution is 2.63. The zero-order chi connectivity index (χ0) is 22.9. The first-order valence-electron chi connectivity index (χ1n) is 12.5. The van der Waals surface area contributed by atoms with Crippen molar-refractivity contribution in [2.45, 2.75) is 56.8 Å². The minimum Gasteiger partial charge on any atom is -0.485 e. The maximum atomic E-state index is 11.9. The molecular formula is C29H29NO4. The Kier molecular flexibility index (Phi) is 4.47. The van der Waals surface area contributed by atoms with Crippen molar-refractivity contribution in [3.8, 4) is 11.5 Å². The predicted molar refractivity (Wildman–Crippen MR) is 128 cm³/mol. The van der Waals surface area contributed by atoms with Gasteiger partial charge in [0.25, 0.3) is 0 Å². The molecule has 3 aliphatic carbocycles. The quantitative estimate of drug-likeness (QED) is 0.592. The monoisotopic (exact) mass is 455 g/mol. The Morgan fingerprint density at radius 3 is 2.79 bits per heavy atom. The van der Waals surface area contributed by atoms with Crippen molar-refractivity contribution >= 4 is 5.97 Å². The van der Waals surface area contributed by atoms with Gasteiger partial charge in [-0.05, 0) is 60.4 Å². The van der Waals surface area contributed by atoms with Gasteiger partial charge >= 0.3 is 5.97 Å². The summed E-state index contributed by atoms with van der Waals surface area (Å²) in [6.45, 7) is 4.17. The summed E-state index contributed by atoms with van der Waals surface area (Å²) in [6, 6.07) is 14.9. The van der Waals surface area contributed by atoms with Crippen LogP contribution in [0.4, 0.5) is 0 Å². The fraction of sp³-hybridized carbons (Fsp3) is 0.414. The van der Waals surface area contributed by atoms with Crippen LogP contribution in [0.15, 0.2) is 65.9 Å². The number of likely N-dealkylation sites (tertiary alicyclic amines) is 1. The van der Waals surface area contributed by atoms with Crippen molar-refractivity contribution in [2.24, 2.45) is 5.92 Å². The van der Waals surface area contributed by atoms with E-state index in [1.807, 2.05) is 24.3 Å². The molecule has 5 nitrogen and oxygen atoms in total. The Morgan fingerprint density at radius 1 is 1.15 bits per heavy atom. The Balaban J connectivity index is 1.32. The van der Waals surface area contributed by atoms with Crippen LogP contribution in [0, 0.1) is 5.92 Å². The van der Waals surface area contributed by atoms with E-state index < -0.39 is 0 Å². The van der Waals surface area contributed by atoms with Crippen LogP contribution in [0.25, 0.3) is 0 Å². The molecule has 1 saturated carbocycles. The molecule has 0 N–H and O–H groups in total. The lowest BCUT2D eigenvalue weighted by molar-refractivity contribution is -0.138. The lowest BCUT2D eigenvalue weighted by Gasteiger charge is -2.53. The maximum Gasteiger partial charge on any atom is 0.307 e. The van der Waals surface area contributed by atoms with Gasteiger partial charge < -0.3 is 14.2 Å². The third-order valence-electron chi connectivity index (χ3n) is 8.23. The van der Waals surface area contributed by atoms with Crippen LogP contribution in [0.1, 0.15) is 42.9 Å². The summed E-state index contributed by atoms with van der Waals surface area (Å²) >= 11 is 0. The summed E-state index contributed by atoms with van der Waals surface area (Å²) in [5.41, 5.74) is 4.87. The Labute approximate surface area is 200 Å². The van der Waals surface area contributed by atoms with Crippen molar-refractivity contribution in [1.29, 1.82) is 0 Å². The van der Waals surface area contributed by atoms with Crippen molar-refractivity contribution in [2.75, 3.05) is 13.1 Å². The van der Waals surface area contributed by atoms with Crippen LogP contribution in [0.5, 0.6) is 11.5 Å². The zero-order valence-corrected chi connectivity index (χ0v) is 19.5. The second-order valence-electron chi connectivity index (χ2n) is 10.4. The molecule has 5 heteroatoms. The number of benzene rings is 2. The van der Waals surface area contributed by atoms with Gasteiger partial charge in [-0.25, -0.2) is 0 Å². The third-order valence-corrected chi connectivity index (χ3v) is 8.23. The van der Waals surface area contributed by atoms with Crippen molar-refractivity contribution in [3.63, 3.8) is 0 Å². The minimum atomic E-state index is -0.322. The van der Waals surface area contributed by atoms with E-state index in [-0.39, 0.29) is 17.5 Å². The van der Waals surface area contributed by atoms with E-state index in [1.165, 1.54) is 43.0 Å². The van der Waals surface area contributed by atoms with E-state index in [2.05, 4.69) is 35.2 Å². The maximum absolute atomic E-state index is 11.9. The highest BCUT2D eigenvalue weighted by atomic mass is 16.6. The van der Waals surface area contributed by atoms with Gasteiger partial charge in [0, 0.05) is 31.6 Å². The molecule has 2 aromatic rings. The number of allylic oxidation sites excluding steroid dienone is 2. The topological polar surface area (TPSA) is 48.0 Å². The molecule has 5 aliphatic rings. The molecule has 2 aromatic carbocycles. The molecular weight excluding hydrogens is 426 g/mol. The number of carbonyl (C=O) groups excluding carboxylic acids is 1. The molecule has 2 heterocycles. The van der Waals surface area contributed by atoms with Gasteiger partial charge in [-0.2, -0.15) is 0 Å². The first kappa shape index (κ1) is 20.3. The normalized spacial score (nSPS) is 28.4. The van der Waals surface area contributed by atoms with Crippen LogP contribution in [-0.4, -0.2) is 36.1 Å². The van der Waals surface area contributed by atoms with E-state index in [1.54, 1.807) is 0 Å². The van der Waals surface area contributed by atoms with Gasteiger partial charge in [-0.1, -0.05) is 42.5 Å². The van der Waals surface area contributed by atoms with Gasteiger partial charge in [-0.3, -0.25) is 9.69 Å². The van der Waals surface area contributed by atoms with Gasteiger partial charge in [0.2, 0.25) is 0 Å². The van der Waals surface area contributed by atoms with Gasteiger partial charge in [0.1, 0.15) is 12.4 Å². The predicted octanol–water partition coefficient (Wildman–Crippen LogP) is 4.69. The van der Waals surface area contributed by atoms with Crippen molar-refractivity contribution in [3.05, 3.63) is 82.6 Å². The second-order valence-corrected chi connectivity index (χ2v) is 10.4. The minimum absolute atomic E-state index is 0.278. The molecule has 0 aromatic heterocycles. The van der Waals surface area contributed by atoms with E-state index in [0.29, 0.717) is 18.4 Å². The third kappa shape index (κ3) is 2.99. The Morgan fingerprint density at radius 2 is 2.00 bits per heavy atom. The molecule has 174 valence electrons. The number of carbonyl (C=O) groups is 1. The average Bonchev–Trinajstić information content (AvgIpc) is 3.59. The molecule has 1 spiro atoms. The van der Waals surface area contributed by atoms with Crippen LogP contribution in [-0.2, 0) is 28.0 Å². The lowest BCUT2D eigenvalue weighted by Crippen LogP contribution is -2.59. The number of esters is 1.